The third kappa shape index (κ3) is 4.90. The number of carbonyl (C=O) groups excluding carboxylic acids is 2. The van der Waals surface area contributed by atoms with Gasteiger partial charge in [0, 0.05) is 25.6 Å². The molecule has 6 heteroatoms. The predicted octanol–water partition coefficient (Wildman–Crippen LogP) is 5.53. The molecule has 2 amide bonds. The number of hydrogen-bond acceptors (Lipinski definition) is 4. The van der Waals surface area contributed by atoms with Gasteiger partial charge in [-0.25, -0.2) is 0 Å². The van der Waals surface area contributed by atoms with E-state index < -0.39 is 0 Å². The summed E-state index contributed by atoms with van der Waals surface area (Å²) in [7, 11) is 0. The number of benzene rings is 2. The van der Waals surface area contributed by atoms with Crippen LogP contribution < -0.4 is 4.74 Å². The number of carbonyl (C=O) groups is 2. The quantitative estimate of drug-likeness (QED) is 0.459. The molecule has 188 valence electrons. The molecule has 1 aromatic heterocycles. The van der Waals surface area contributed by atoms with Crippen LogP contribution in [0.1, 0.15) is 71.3 Å². The summed E-state index contributed by atoms with van der Waals surface area (Å²) in [6.45, 7) is 8.49. The Bertz CT molecular complexity index is 1240. The molecule has 0 bridgehead atoms. The Labute approximate surface area is 212 Å². The first-order valence-electron chi connectivity index (χ1n) is 12.9. The van der Waals surface area contributed by atoms with E-state index in [1.807, 2.05) is 29.7 Å². The molecule has 1 atom stereocenters. The smallest absolute Gasteiger partial charge is 0.289 e. The number of amides is 2. The van der Waals surface area contributed by atoms with Crippen LogP contribution in [0.3, 0.4) is 0 Å². The van der Waals surface area contributed by atoms with Crippen LogP contribution in [0.5, 0.6) is 5.75 Å². The van der Waals surface area contributed by atoms with E-state index in [0.717, 1.165) is 43.5 Å². The van der Waals surface area contributed by atoms with E-state index in [9.17, 15) is 9.59 Å². The van der Waals surface area contributed by atoms with E-state index >= 15 is 0 Å². The lowest BCUT2D eigenvalue weighted by atomic mass is 9.87. The van der Waals surface area contributed by atoms with Gasteiger partial charge in [0.25, 0.3) is 5.91 Å². The summed E-state index contributed by atoms with van der Waals surface area (Å²) in [5, 5.41) is 0. The third-order valence-corrected chi connectivity index (χ3v) is 7.16. The number of rotatable bonds is 6. The van der Waals surface area contributed by atoms with Gasteiger partial charge in [0.15, 0.2) is 5.76 Å². The summed E-state index contributed by atoms with van der Waals surface area (Å²) >= 11 is 0. The van der Waals surface area contributed by atoms with Crippen molar-refractivity contribution >= 4 is 11.8 Å². The molecule has 1 fully saturated rings. The molecular formula is C30H34N2O4. The van der Waals surface area contributed by atoms with Crippen LogP contribution in [0, 0.1) is 12.8 Å². The van der Waals surface area contributed by atoms with Crippen molar-refractivity contribution in [3.8, 4) is 5.75 Å². The fraction of sp³-hybridized carbons (Fsp3) is 0.400. The van der Waals surface area contributed by atoms with Gasteiger partial charge in [-0.1, -0.05) is 49.7 Å². The minimum Gasteiger partial charge on any atom is -0.486 e. The standard InChI is InChI=1S/C30H34N2O4/c1-20(2)29(33)32-17-14-22-10-11-24(18-26(22)28(32)23-8-6-21(3)7-9-23)35-19-25-12-13-27(36-25)30(34)31-15-4-5-16-31/h6-13,18,20,28H,4-5,14-17,19H2,1-3H3/t28-/m1/s1. The van der Waals surface area contributed by atoms with Crippen LogP contribution >= 0.6 is 0 Å². The van der Waals surface area contributed by atoms with Crippen molar-refractivity contribution in [3.05, 3.63) is 88.4 Å². The van der Waals surface area contributed by atoms with Gasteiger partial charge in [-0.15, -0.1) is 0 Å². The number of hydrogen-bond donors (Lipinski definition) is 0. The Morgan fingerprint density at radius 3 is 2.47 bits per heavy atom. The van der Waals surface area contributed by atoms with Crippen LogP contribution in [-0.2, 0) is 17.8 Å². The maximum absolute atomic E-state index is 13.2. The molecule has 1 saturated heterocycles. The van der Waals surface area contributed by atoms with E-state index in [2.05, 4.69) is 43.3 Å². The maximum atomic E-state index is 13.2. The molecule has 0 unspecified atom stereocenters. The molecular weight excluding hydrogens is 452 g/mol. The van der Waals surface area contributed by atoms with Crippen LogP contribution in [0.2, 0.25) is 0 Å². The number of ether oxygens (including phenoxy) is 1. The van der Waals surface area contributed by atoms with Gasteiger partial charge in [-0.3, -0.25) is 9.59 Å². The summed E-state index contributed by atoms with van der Waals surface area (Å²) in [4.78, 5) is 29.6. The average Bonchev–Trinajstić information content (AvgIpc) is 3.59. The van der Waals surface area contributed by atoms with E-state index in [1.165, 1.54) is 11.1 Å². The Hall–Kier alpha value is -3.54. The van der Waals surface area contributed by atoms with Gasteiger partial charge in [0.2, 0.25) is 5.91 Å². The zero-order chi connectivity index (χ0) is 25.2. The Kier molecular flexibility index (Phi) is 6.86. The van der Waals surface area contributed by atoms with Gasteiger partial charge < -0.3 is 19.0 Å². The topological polar surface area (TPSA) is 63.0 Å². The highest BCUT2D eigenvalue weighted by atomic mass is 16.5. The van der Waals surface area contributed by atoms with E-state index in [4.69, 9.17) is 9.15 Å². The Morgan fingerprint density at radius 2 is 1.75 bits per heavy atom. The fourth-order valence-electron chi connectivity index (χ4n) is 5.16. The first-order valence-corrected chi connectivity index (χ1v) is 12.9. The molecule has 5 rings (SSSR count). The summed E-state index contributed by atoms with van der Waals surface area (Å²) < 4.78 is 11.9. The van der Waals surface area contributed by atoms with Gasteiger partial charge in [-0.2, -0.15) is 0 Å². The van der Waals surface area contributed by atoms with Crippen molar-refractivity contribution in [2.75, 3.05) is 19.6 Å². The molecule has 0 radical (unpaired) electrons. The van der Waals surface area contributed by atoms with Gasteiger partial charge in [0.05, 0.1) is 6.04 Å². The first kappa shape index (κ1) is 24.2. The molecule has 0 saturated carbocycles. The molecule has 3 aromatic rings. The second-order valence-electron chi connectivity index (χ2n) is 10.2. The molecule has 0 N–H and O–H groups in total. The lowest BCUT2D eigenvalue weighted by Gasteiger charge is -2.39. The van der Waals surface area contributed by atoms with Crippen LogP contribution in [0.15, 0.2) is 59.0 Å². The van der Waals surface area contributed by atoms with Crippen molar-refractivity contribution in [2.45, 2.75) is 52.7 Å². The average molecular weight is 487 g/mol. The number of furan rings is 1. The fourth-order valence-corrected chi connectivity index (χ4v) is 5.16. The molecule has 3 heterocycles. The molecule has 2 aromatic carbocycles. The predicted molar refractivity (Wildman–Crippen MR) is 138 cm³/mol. The van der Waals surface area contributed by atoms with Crippen molar-refractivity contribution in [3.63, 3.8) is 0 Å². The Morgan fingerprint density at radius 1 is 1.00 bits per heavy atom. The maximum Gasteiger partial charge on any atom is 0.289 e. The van der Waals surface area contributed by atoms with E-state index in [1.54, 1.807) is 12.1 Å². The molecule has 2 aliphatic heterocycles. The van der Waals surface area contributed by atoms with Crippen LogP contribution in [-0.4, -0.2) is 41.2 Å². The number of aryl methyl sites for hydroxylation is 1. The summed E-state index contributed by atoms with van der Waals surface area (Å²) in [5.41, 5.74) is 4.62. The number of likely N-dealkylation sites (tertiary alicyclic amines) is 1. The minimum atomic E-state index is -0.152. The highest BCUT2D eigenvalue weighted by Gasteiger charge is 2.33. The summed E-state index contributed by atoms with van der Waals surface area (Å²) in [5.74, 6) is 1.72. The van der Waals surface area contributed by atoms with Gasteiger partial charge in [-0.05, 0) is 67.1 Å². The third-order valence-electron chi connectivity index (χ3n) is 7.16. The number of fused-ring (bicyclic) bond motifs is 1. The summed E-state index contributed by atoms with van der Waals surface area (Å²) in [6, 6.07) is 17.9. The summed E-state index contributed by atoms with van der Waals surface area (Å²) in [6.07, 6.45) is 2.91. The minimum absolute atomic E-state index is 0.0524. The zero-order valence-electron chi connectivity index (χ0n) is 21.3. The first-order chi connectivity index (χ1) is 17.4. The largest absolute Gasteiger partial charge is 0.486 e. The van der Waals surface area contributed by atoms with Crippen molar-refractivity contribution in [2.24, 2.45) is 5.92 Å². The lowest BCUT2D eigenvalue weighted by Crippen LogP contribution is -2.42. The van der Waals surface area contributed by atoms with Gasteiger partial charge in [0.1, 0.15) is 18.1 Å². The van der Waals surface area contributed by atoms with Crippen LogP contribution in [0.4, 0.5) is 0 Å². The molecule has 2 aliphatic rings. The molecule has 36 heavy (non-hydrogen) atoms. The lowest BCUT2D eigenvalue weighted by molar-refractivity contribution is -0.136. The molecule has 0 spiro atoms. The highest BCUT2D eigenvalue weighted by molar-refractivity contribution is 5.91. The van der Waals surface area contributed by atoms with E-state index in [-0.39, 0.29) is 30.4 Å². The van der Waals surface area contributed by atoms with E-state index in [0.29, 0.717) is 23.8 Å². The van der Waals surface area contributed by atoms with Crippen molar-refractivity contribution in [1.29, 1.82) is 0 Å². The highest BCUT2D eigenvalue weighted by Crippen LogP contribution is 2.38. The Balaban J connectivity index is 1.37. The SMILES string of the molecule is Cc1ccc([C@@H]2c3cc(OCc4ccc(C(=O)N5CCCC5)o4)ccc3CCN2C(=O)C(C)C)cc1. The monoisotopic (exact) mass is 486 g/mol. The van der Waals surface area contributed by atoms with Crippen molar-refractivity contribution in [1.82, 2.24) is 9.80 Å². The normalized spacial score (nSPS) is 17.4. The second-order valence-corrected chi connectivity index (χ2v) is 10.2. The zero-order valence-corrected chi connectivity index (χ0v) is 21.3. The van der Waals surface area contributed by atoms with Crippen LogP contribution in [0.25, 0.3) is 0 Å². The van der Waals surface area contributed by atoms with Gasteiger partial charge >= 0.3 is 0 Å². The molecule has 0 aliphatic carbocycles. The second kappa shape index (κ2) is 10.2. The number of nitrogens with zero attached hydrogens (tertiary/aromatic N) is 2. The van der Waals surface area contributed by atoms with Crippen molar-refractivity contribution < 1.29 is 18.7 Å². The molecule has 6 nitrogen and oxygen atoms in total.